The Labute approximate surface area is 124 Å². The van der Waals surface area contributed by atoms with Gasteiger partial charge in [-0.1, -0.05) is 6.07 Å². The van der Waals surface area contributed by atoms with E-state index >= 15 is 0 Å². The van der Waals surface area contributed by atoms with Gasteiger partial charge in [0.05, 0.1) is 16.8 Å². The Bertz CT molecular complexity index is 554. The van der Waals surface area contributed by atoms with Crippen molar-refractivity contribution in [2.75, 3.05) is 0 Å². The fourth-order valence-electron chi connectivity index (χ4n) is 1.83. The molecule has 0 aliphatic rings. The van der Waals surface area contributed by atoms with Crippen molar-refractivity contribution >= 4 is 11.3 Å². The summed E-state index contributed by atoms with van der Waals surface area (Å²) in [5.74, 6) is 0.705. The highest BCUT2D eigenvalue weighted by Crippen LogP contribution is 2.19. The predicted octanol–water partition coefficient (Wildman–Crippen LogP) is 3.48. The number of nitrogens with one attached hydrogen (secondary N) is 1. The first-order valence-electron chi connectivity index (χ1n) is 6.82. The van der Waals surface area contributed by atoms with Gasteiger partial charge in [-0.3, -0.25) is 0 Å². The number of aromatic nitrogens is 2. The highest BCUT2D eigenvalue weighted by Gasteiger charge is 2.11. The topological polar surface area (TPSA) is 47.0 Å². The molecule has 0 saturated carbocycles. The zero-order chi connectivity index (χ0) is 14.5. The van der Waals surface area contributed by atoms with Crippen molar-refractivity contribution in [3.63, 3.8) is 0 Å². The molecule has 0 aliphatic heterocycles. The first-order chi connectivity index (χ1) is 9.56. The zero-order valence-corrected chi connectivity index (χ0v) is 13.2. The van der Waals surface area contributed by atoms with E-state index in [1.54, 1.807) is 17.5 Å². The summed E-state index contributed by atoms with van der Waals surface area (Å²) >= 11 is 1.68. The fourth-order valence-corrected chi connectivity index (χ4v) is 2.54. The van der Waals surface area contributed by atoms with Crippen molar-refractivity contribution in [3.05, 3.63) is 40.0 Å². The fraction of sp³-hybridized carbons (Fsp3) is 0.467. The molecule has 2 aromatic rings. The van der Waals surface area contributed by atoms with Crippen molar-refractivity contribution in [2.45, 2.75) is 46.4 Å². The molecule has 2 aromatic heterocycles. The molecular formula is C15H21N3OS. The van der Waals surface area contributed by atoms with Crippen LogP contribution < -0.4 is 10.1 Å². The Morgan fingerprint density at radius 2 is 2.15 bits per heavy atom. The average Bonchev–Trinajstić information content (AvgIpc) is 2.83. The number of ether oxygens (including phenoxy) is 1. The van der Waals surface area contributed by atoms with E-state index in [1.165, 1.54) is 0 Å². The number of aryl methyl sites for hydroxylation is 1. The molecule has 0 bridgehead atoms. The van der Waals surface area contributed by atoms with Crippen LogP contribution >= 0.6 is 11.3 Å². The van der Waals surface area contributed by atoms with Crippen molar-refractivity contribution < 1.29 is 4.74 Å². The van der Waals surface area contributed by atoms with Crippen molar-refractivity contribution in [2.24, 2.45) is 0 Å². The lowest BCUT2D eigenvalue weighted by Gasteiger charge is -2.15. The lowest BCUT2D eigenvalue weighted by Crippen LogP contribution is -2.20. The normalized spacial score (nSPS) is 12.7. The van der Waals surface area contributed by atoms with E-state index in [0.29, 0.717) is 12.4 Å². The van der Waals surface area contributed by atoms with Gasteiger partial charge in [0, 0.05) is 29.7 Å². The second-order valence-corrected chi connectivity index (χ2v) is 6.09. The minimum Gasteiger partial charge on any atom is -0.475 e. The van der Waals surface area contributed by atoms with E-state index in [4.69, 9.17) is 4.74 Å². The summed E-state index contributed by atoms with van der Waals surface area (Å²) in [6.45, 7) is 8.87. The van der Waals surface area contributed by atoms with Crippen LogP contribution in [0, 0.1) is 6.92 Å². The van der Waals surface area contributed by atoms with E-state index < -0.39 is 0 Å². The number of rotatable bonds is 6. The highest BCUT2D eigenvalue weighted by molar-refractivity contribution is 7.09. The maximum atomic E-state index is 5.72. The van der Waals surface area contributed by atoms with Crippen LogP contribution in [0.25, 0.3) is 0 Å². The summed E-state index contributed by atoms with van der Waals surface area (Å²) in [6.07, 6.45) is 1.89. The van der Waals surface area contributed by atoms with E-state index in [-0.39, 0.29) is 12.1 Å². The van der Waals surface area contributed by atoms with Gasteiger partial charge in [-0.25, -0.2) is 9.97 Å². The molecule has 0 spiro atoms. The van der Waals surface area contributed by atoms with E-state index in [0.717, 1.165) is 16.3 Å². The van der Waals surface area contributed by atoms with Crippen LogP contribution in [0.5, 0.6) is 5.88 Å². The minimum atomic E-state index is 0.127. The molecule has 0 radical (unpaired) electrons. The van der Waals surface area contributed by atoms with Crippen LogP contribution in [0.2, 0.25) is 0 Å². The lowest BCUT2D eigenvalue weighted by molar-refractivity contribution is 0.229. The van der Waals surface area contributed by atoms with Crippen LogP contribution in [-0.4, -0.2) is 16.1 Å². The molecule has 0 aliphatic carbocycles. The largest absolute Gasteiger partial charge is 0.475 e. The second-order valence-electron chi connectivity index (χ2n) is 5.03. The van der Waals surface area contributed by atoms with Gasteiger partial charge in [-0.05, 0) is 33.8 Å². The molecule has 1 N–H and O–H groups in total. The van der Waals surface area contributed by atoms with E-state index in [9.17, 15) is 0 Å². The third kappa shape index (κ3) is 4.02. The van der Waals surface area contributed by atoms with E-state index in [1.807, 2.05) is 32.9 Å². The molecule has 5 heteroatoms. The quantitative estimate of drug-likeness (QED) is 0.885. The molecule has 2 heterocycles. The lowest BCUT2D eigenvalue weighted by atomic mass is 10.2. The molecular weight excluding hydrogens is 270 g/mol. The first-order valence-corrected chi connectivity index (χ1v) is 7.70. The summed E-state index contributed by atoms with van der Waals surface area (Å²) in [7, 11) is 0. The van der Waals surface area contributed by atoms with Crippen LogP contribution in [0.1, 0.15) is 43.1 Å². The second kappa shape index (κ2) is 6.81. The summed E-state index contributed by atoms with van der Waals surface area (Å²) in [4.78, 5) is 8.80. The molecule has 0 saturated heterocycles. The Morgan fingerprint density at radius 3 is 2.80 bits per heavy atom. The highest BCUT2D eigenvalue weighted by atomic mass is 32.1. The molecule has 108 valence electrons. The average molecular weight is 291 g/mol. The molecule has 4 nitrogen and oxygen atoms in total. The van der Waals surface area contributed by atoms with E-state index in [2.05, 4.69) is 27.6 Å². The Morgan fingerprint density at radius 1 is 1.35 bits per heavy atom. The number of nitrogens with zero attached hydrogens (tertiary/aromatic N) is 2. The molecule has 20 heavy (non-hydrogen) atoms. The minimum absolute atomic E-state index is 0.127. The molecule has 0 amide bonds. The van der Waals surface area contributed by atoms with Crippen molar-refractivity contribution in [3.8, 4) is 5.88 Å². The van der Waals surface area contributed by atoms with Gasteiger partial charge in [0.25, 0.3) is 0 Å². The van der Waals surface area contributed by atoms with Crippen LogP contribution in [0.15, 0.2) is 23.7 Å². The monoisotopic (exact) mass is 291 g/mol. The van der Waals surface area contributed by atoms with Gasteiger partial charge in [0.2, 0.25) is 5.88 Å². The summed E-state index contributed by atoms with van der Waals surface area (Å²) < 4.78 is 5.72. The Kier molecular flexibility index (Phi) is 5.09. The Hall–Kier alpha value is -1.46. The standard InChI is InChI=1S/C15H21N3OS/c1-10(2)19-15-13(6-5-7-16-15)8-17-11(3)14-9-20-12(4)18-14/h5-7,9-11,17H,8H2,1-4H3. The summed E-state index contributed by atoms with van der Waals surface area (Å²) in [5, 5.41) is 6.66. The Balaban J connectivity index is 2.00. The van der Waals surface area contributed by atoms with Gasteiger partial charge >= 0.3 is 0 Å². The maximum absolute atomic E-state index is 5.72. The molecule has 0 aromatic carbocycles. The van der Waals surface area contributed by atoms with Gasteiger partial charge in [-0.2, -0.15) is 0 Å². The van der Waals surface area contributed by atoms with Gasteiger partial charge in [0.15, 0.2) is 0 Å². The number of thiazole rings is 1. The summed E-state index contributed by atoms with van der Waals surface area (Å²) in [6, 6.07) is 4.19. The molecule has 0 fully saturated rings. The van der Waals surface area contributed by atoms with Gasteiger partial charge < -0.3 is 10.1 Å². The third-order valence-corrected chi connectivity index (χ3v) is 3.67. The number of pyridine rings is 1. The number of hydrogen-bond acceptors (Lipinski definition) is 5. The smallest absolute Gasteiger partial charge is 0.218 e. The predicted molar refractivity (Wildman–Crippen MR) is 82.1 cm³/mol. The SMILES string of the molecule is Cc1nc(C(C)NCc2cccnc2OC(C)C)cs1. The number of hydrogen-bond donors (Lipinski definition) is 1. The zero-order valence-electron chi connectivity index (χ0n) is 12.4. The first kappa shape index (κ1) is 14.9. The van der Waals surface area contributed by atoms with Crippen LogP contribution in [0.4, 0.5) is 0 Å². The van der Waals surface area contributed by atoms with Crippen LogP contribution in [0.3, 0.4) is 0 Å². The van der Waals surface area contributed by atoms with Crippen molar-refractivity contribution in [1.82, 2.24) is 15.3 Å². The maximum Gasteiger partial charge on any atom is 0.218 e. The molecule has 1 atom stereocenters. The van der Waals surface area contributed by atoms with Crippen LogP contribution in [-0.2, 0) is 6.54 Å². The molecule has 1 unspecified atom stereocenters. The third-order valence-electron chi connectivity index (χ3n) is 2.88. The molecule has 2 rings (SSSR count). The van der Waals surface area contributed by atoms with Gasteiger partial charge in [-0.15, -0.1) is 11.3 Å². The van der Waals surface area contributed by atoms with Gasteiger partial charge in [0.1, 0.15) is 0 Å². The van der Waals surface area contributed by atoms with Crippen molar-refractivity contribution in [1.29, 1.82) is 0 Å². The summed E-state index contributed by atoms with van der Waals surface area (Å²) in [5.41, 5.74) is 2.16.